The van der Waals surface area contributed by atoms with Crippen molar-refractivity contribution in [3.8, 4) is 0 Å². The number of hydrogen-bond acceptors (Lipinski definition) is 4. The van der Waals surface area contributed by atoms with Crippen molar-refractivity contribution < 1.29 is 19.8 Å². The lowest BCUT2D eigenvalue weighted by molar-refractivity contribution is -0.139. The van der Waals surface area contributed by atoms with Crippen LogP contribution in [0.25, 0.3) is 0 Å². The quantitative estimate of drug-likeness (QED) is 0.599. The summed E-state index contributed by atoms with van der Waals surface area (Å²) in [6.45, 7) is 5.58. The van der Waals surface area contributed by atoms with E-state index < -0.39 is 12.0 Å². The largest absolute Gasteiger partial charge is 0.480 e. The van der Waals surface area contributed by atoms with Gasteiger partial charge in [-0.05, 0) is 6.54 Å². The van der Waals surface area contributed by atoms with Crippen LogP contribution < -0.4 is 5.32 Å². The second-order valence-electron chi connectivity index (χ2n) is 4.27. The van der Waals surface area contributed by atoms with Crippen LogP contribution in [0.5, 0.6) is 0 Å². The Kier molecular flexibility index (Phi) is 5.87. The molecule has 1 rings (SSSR count). The highest BCUT2D eigenvalue weighted by atomic mass is 16.4. The summed E-state index contributed by atoms with van der Waals surface area (Å²) in [5, 5.41) is 20.0. The molecule has 1 saturated heterocycles. The van der Waals surface area contributed by atoms with Gasteiger partial charge in [0.1, 0.15) is 6.04 Å². The molecule has 1 aliphatic rings. The van der Waals surface area contributed by atoms with E-state index in [0.29, 0.717) is 13.1 Å². The molecule has 1 unspecified atom stereocenters. The Hall–Kier alpha value is -1.34. The van der Waals surface area contributed by atoms with Crippen LogP contribution in [-0.4, -0.2) is 77.4 Å². The van der Waals surface area contributed by atoms with E-state index in [1.807, 2.05) is 0 Å². The first kappa shape index (κ1) is 14.7. The van der Waals surface area contributed by atoms with E-state index in [4.69, 9.17) is 10.2 Å². The van der Waals surface area contributed by atoms with Gasteiger partial charge in [0, 0.05) is 39.2 Å². The van der Waals surface area contributed by atoms with E-state index >= 15 is 0 Å². The number of carbonyl (C=O) groups is 2. The van der Waals surface area contributed by atoms with Crippen molar-refractivity contribution in [1.29, 1.82) is 0 Å². The lowest BCUT2D eigenvalue weighted by atomic mass is 10.2. The Balaban J connectivity index is 2.42. The molecule has 0 aromatic rings. The van der Waals surface area contributed by atoms with E-state index in [1.165, 1.54) is 0 Å². The molecule has 7 heteroatoms. The Morgan fingerprint density at radius 1 is 1.28 bits per heavy atom. The molecule has 0 saturated carbocycles. The predicted octanol–water partition coefficient (Wildman–Crippen LogP) is -0.831. The first-order valence-corrected chi connectivity index (χ1v) is 6.20. The number of nitrogens with one attached hydrogen (secondary N) is 1. The summed E-state index contributed by atoms with van der Waals surface area (Å²) in [7, 11) is 0. The number of aliphatic carboxylic acids is 1. The summed E-state index contributed by atoms with van der Waals surface area (Å²) in [5.41, 5.74) is 0. The Morgan fingerprint density at radius 2 is 1.89 bits per heavy atom. The van der Waals surface area contributed by atoms with Gasteiger partial charge in [-0.2, -0.15) is 0 Å². The van der Waals surface area contributed by atoms with Gasteiger partial charge in [-0.3, -0.25) is 0 Å². The molecule has 2 amide bonds. The fourth-order valence-corrected chi connectivity index (χ4v) is 1.89. The topological polar surface area (TPSA) is 93.1 Å². The summed E-state index contributed by atoms with van der Waals surface area (Å²) in [6, 6.07) is -1.39. The van der Waals surface area contributed by atoms with Gasteiger partial charge in [0.2, 0.25) is 0 Å². The highest BCUT2D eigenvalue weighted by Crippen LogP contribution is 2.02. The third-order valence-electron chi connectivity index (χ3n) is 3.12. The van der Waals surface area contributed by atoms with Crippen molar-refractivity contribution >= 4 is 12.0 Å². The third kappa shape index (κ3) is 4.15. The number of urea groups is 1. The van der Waals surface area contributed by atoms with Gasteiger partial charge in [0.15, 0.2) is 0 Å². The highest BCUT2D eigenvalue weighted by Gasteiger charge is 2.25. The maximum Gasteiger partial charge on any atom is 0.326 e. The maximum absolute atomic E-state index is 11.8. The number of amides is 2. The minimum absolute atomic E-state index is 0.0238. The van der Waals surface area contributed by atoms with E-state index in [0.717, 1.165) is 19.6 Å². The van der Waals surface area contributed by atoms with E-state index in [9.17, 15) is 9.59 Å². The van der Waals surface area contributed by atoms with Crippen LogP contribution in [-0.2, 0) is 4.79 Å². The Morgan fingerprint density at radius 3 is 2.33 bits per heavy atom. The number of carboxylic acids is 1. The Bertz CT molecular complexity index is 290. The summed E-state index contributed by atoms with van der Waals surface area (Å²) in [6.07, 6.45) is 0.0238. The van der Waals surface area contributed by atoms with Crippen molar-refractivity contribution in [3.05, 3.63) is 0 Å². The van der Waals surface area contributed by atoms with Crippen molar-refractivity contribution in [2.45, 2.75) is 19.4 Å². The Labute approximate surface area is 106 Å². The molecule has 0 bridgehead atoms. The van der Waals surface area contributed by atoms with Crippen LogP contribution in [0, 0.1) is 0 Å². The second-order valence-corrected chi connectivity index (χ2v) is 4.27. The van der Waals surface area contributed by atoms with Crippen molar-refractivity contribution in [3.63, 3.8) is 0 Å². The molecule has 1 heterocycles. The number of piperazine rings is 1. The average Bonchev–Trinajstić information content (AvgIpc) is 2.38. The molecule has 7 nitrogen and oxygen atoms in total. The molecular weight excluding hydrogens is 238 g/mol. The van der Waals surface area contributed by atoms with Gasteiger partial charge in [0.05, 0.1) is 0 Å². The summed E-state index contributed by atoms with van der Waals surface area (Å²) >= 11 is 0. The molecule has 0 radical (unpaired) electrons. The van der Waals surface area contributed by atoms with E-state index in [1.54, 1.807) is 4.90 Å². The monoisotopic (exact) mass is 259 g/mol. The number of carbonyl (C=O) groups excluding carboxylic acids is 1. The van der Waals surface area contributed by atoms with Crippen LogP contribution in [0.15, 0.2) is 0 Å². The lowest BCUT2D eigenvalue weighted by Gasteiger charge is -2.34. The first-order chi connectivity index (χ1) is 8.58. The van der Waals surface area contributed by atoms with E-state index in [2.05, 4.69) is 17.1 Å². The molecule has 0 aliphatic carbocycles. The van der Waals surface area contributed by atoms with Crippen LogP contribution in [0.4, 0.5) is 4.79 Å². The number of hydrogen-bond donors (Lipinski definition) is 3. The summed E-state index contributed by atoms with van der Waals surface area (Å²) in [4.78, 5) is 26.5. The number of aliphatic hydroxyl groups excluding tert-OH is 1. The van der Waals surface area contributed by atoms with Gasteiger partial charge in [0.25, 0.3) is 0 Å². The molecule has 104 valence electrons. The third-order valence-corrected chi connectivity index (χ3v) is 3.12. The highest BCUT2D eigenvalue weighted by molar-refractivity contribution is 5.82. The van der Waals surface area contributed by atoms with Crippen molar-refractivity contribution in [2.24, 2.45) is 0 Å². The number of likely N-dealkylation sites (N-methyl/N-ethyl adjacent to an activating group) is 1. The fourth-order valence-electron chi connectivity index (χ4n) is 1.89. The maximum atomic E-state index is 11.8. The molecule has 0 aromatic carbocycles. The number of aliphatic hydroxyl groups is 1. The van der Waals surface area contributed by atoms with Gasteiger partial charge < -0.3 is 25.3 Å². The zero-order valence-corrected chi connectivity index (χ0v) is 10.6. The van der Waals surface area contributed by atoms with Crippen molar-refractivity contribution in [1.82, 2.24) is 15.1 Å². The number of carboxylic acid groups (broad SMARTS) is 1. The molecule has 18 heavy (non-hydrogen) atoms. The predicted molar refractivity (Wildman–Crippen MR) is 65.3 cm³/mol. The summed E-state index contributed by atoms with van der Waals surface area (Å²) in [5.74, 6) is -1.12. The van der Waals surface area contributed by atoms with Gasteiger partial charge in [-0.25, -0.2) is 9.59 Å². The molecular formula is C11H21N3O4. The van der Waals surface area contributed by atoms with Crippen LogP contribution in [0.1, 0.15) is 13.3 Å². The smallest absolute Gasteiger partial charge is 0.326 e. The minimum atomic E-state index is -1.12. The number of nitrogens with zero attached hydrogens (tertiary/aromatic N) is 2. The normalized spacial score (nSPS) is 18.4. The molecule has 0 aromatic heterocycles. The van der Waals surface area contributed by atoms with Crippen LogP contribution in [0.2, 0.25) is 0 Å². The molecule has 3 N–H and O–H groups in total. The van der Waals surface area contributed by atoms with Gasteiger partial charge in [-0.15, -0.1) is 0 Å². The van der Waals surface area contributed by atoms with Crippen LogP contribution >= 0.6 is 0 Å². The zero-order chi connectivity index (χ0) is 13.5. The standard InChI is InChI=1S/C11H21N3O4/c1-2-13-4-6-14(7-5-13)11(18)12-9(3-8-15)10(16)17/h9,15H,2-8H2,1H3,(H,12,18)(H,16,17). The molecule has 1 fully saturated rings. The van der Waals surface area contributed by atoms with Crippen molar-refractivity contribution in [2.75, 3.05) is 39.3 Å². The molecule has 0 spiro atoms. The minimum Gasteiger partial charge on any atom is -0.480 e. The zero-order valence-electron chi connectivity index (χ0n) is 10.6. The SMILES string of the molecule is CCN1CCN(C(=O)NC(CCO)C(=O)O)CC1. The average molecular weight is 259 g/mol. The van der Waals surface area contributed by atoms with Crippen LogP contribution in [0.3, 0.4) is 0 Å². The summed E-state index contributed by atoms with van der Waals surface area (Å²) < 4.78 is 0. The number of rotatable bonds is 5. The first-order valence-electron chi connectivity index (χ1n) is 6.20. The van der Waals surface area contributed by atoms with E-state index in [-0.39, 0.29) is 19.1 Å². The van der Waals surface area contributed by atoms with Gasteiger partial charge in [-0.1, -0.05) is 6.92 Å². The van der Waals surface area contributed by atoms with Gasteiger partial charge >= 0.3 is 12.0 Å². The second kappa shape index (κ2) is 7.17. The lowest BCUT2D eigenvalue weighted by Crippen LogP contribution is -2.54. The fraction of sp³-hybridized carbons (Fsp3) is 0.818. The molecule has 1 aliphatic heterocycles. The molecule has 1 atom stereocenters.